The second-order valence-electron chi connectivity index (χ2n) is 4.14. The van der Waals surface area contributed by atoms with Crippen LogP contribution in [0, 0.1) is 0 Å². The maximum Gasteiger partial charge on any atom is 0.307 e. The smallest absolute Gasteiger partial charge is 0.307 e. The summed E-state index contributed by atoms with van der Waals surface area (Å²) in [5.41, 5.74) is 0.790. The number of hydrogen-bond acceptors (Lipinski definition) is 4. The number of rotatable bonds is 6. The molecule has 6 heteroatoms. The number of carbonyl (C=O) groups is 3. The molecule has 0 aromatic carbocycles. The molecule has 19 heavy (non-hydrogen) atoms. The van der Waals surface area contributed by atoms with E-state index in [9.17, 15) is 14.4 Å². The molecule has 0 atom stereocenters. The molecule has 0 aliphatic heterocycles. The predicted molar refractivity (Wildman–Crippen MR) is 69.0 cm³/mol. The first-order chi connectivity index (χ1) is 8.95. The number of nitrogens with zero attached hydrogens (tertiary/aromatic N) is 1. The van der Waals surface area contributed by atoms with Gasteiger partial charge < -0.3 is 14.6 Å². The number of H-pyrrole nitrogens is 1. The van der Waals surface area contributed by atoms with Crippen LogP contribution in [0.2, 0.25) is 0 Å². The molecule has 0 aliphatic carbocycles. The summed E-state index contributed by atoms with van der Waals surface area (Å²) in [7, 11) is 1.59. The zero-order chi connectivity index (χ0) is 14.4. The maximum atomic E-state index is 12.0. The minimum atomic E-state index is -0.335. The summed E-state index contributed by atoms with van der Waals surface area (Å²) in [5.74, 6) is -0.709. The van der Waals surface area contributed by atoms with Crippen molar-refractivity contribution >= 4 is 17.7 Å². The Morgan fingerprint density at radius 3 is 2.58 bits per heavy atom. The van der Waals surface area contributed by atoms with E-state index in [0.29, 0.717) is 17.9 Å². The summed E-state index contributed by atoms with van der Waals surface area (Å²) >= 11 is 0. The molecular weight excluding hydrogens is 248 g/mol. The highest BCUT2D eigenvalue weighted by Gasteiger charge is 2.16. The summed E-state index contributed by atoms with van der Waals surface area (Å²) in [6, 6.07) is 1.51. The number of carbonyl (C=O) groups excluding carboxylic acids is 3. The van der Waals surface area contributed by atoms with Crippen molar-refractivity contribution in [2.24, 2.45) is 0 Å². The Kier molecular flexibility index (Phi) is 5.29. The minimum Gasteiger partial charge on any atom is -0.466 e. The standard InChI is InChI=1S/C13H18N2O4/c1-4-19-12(17)5-6-15(3)13(18)11-7-10(8-14-11)9(2)16/h7-8,14H,4-6H2,1-3H3. The van der Waals surface area contributed by atoms with Gasteiger partial charge in [-0.3, -0.25) is 14.4 Å². The molecule has 0 bridgehead atoms. The predicted octanol–water partition coefficient (Wildman–Crippen LogP) is 1.24. The fraction of sp³-hybridized carbons (Fsp3) is 0.462. The van der Waals surface area contributed by atoms with Crippen LogP contribution in [-0.4, -0.2) is 47.7 Å². The van der Waals surface area contributed by atoms with Crippen LogP contribution < -0.4 is 0 Å². The van der Waals surface area contributed by atoms with Crippen molar-refractivity contribution in [3.63, 3.8) is 0 Å². The Morgan fingerprint density at radius 1 is 1.37 bits per heavy atom. The second-order valence-corrected chi connectivity index (χ2v) is 4.14. The lowest BCUT2D eigenvalue weighted by atomic mass is 10.2. The molecule has 0 aliphatic rings. The molecule has 0 saturated heterocycles. The average Bonchev–Trinajstić information content (AvgIpc) is 2.85. The molecule has 0 unspecified atom stereocenters. The van der Waals surface area contributed by atoms with Crippen LogP contribution in [0.25, 0.3) is 0 Å². The lowest BCUT2D eigenvalue weighted by Crippen LogP contribution is -2.29. The van der Waals surface area contributed by atoms with Gasteiger partial charge in [0.2, 0.25) is 0 Å². The van der Waals surface area contributed by atoms with Crippen LogP contribution in [0.1, 0.15) is 41.1 Å². The van der Waals surface area contributed by atoms with Gasteiger partial charge in [0, 0.05) is 25.4 Å². The van der Waals surface area contributed by atoms with Crippen molar-refractivity contribution in [2.45, 2.75) is 20.3 Å². The fourth-order valence-corrected chi connectivity index (χ4v) is 1.52. The quantitative estimate of drug-likeness (QED) is 0.620. The monoisotopic (exact) mass is 266 g/mol. The first kappa shape index (κ1) is 14.9. The number of hydrogen-bond donors (Lipinski definition) is 1. The second kappa shape index (κ2) is 6.72. The maximum absolute atomic E-state index is 12.0. The molecule has 0 spiro atoms. The summed E-state index contributed by atoms with van der Waals surface area (Å²) in [6.45, 7) is 3.76. The molecule has 0 radical (unpaired) electrons. The summed E-state index contributed by atoms with van der Waals surface area (Å²) in [4.78, 5) is 38.5. The first-order valence-electron chi connectivity index (χ1n) is 6.06. The normalized spacial score (nSPS) is 10.1. The number of ketones is 1. The molecule has 1 N–H and O–H groups in total. The SMILES string of the molecule is CCOC(=O)CCN(C)C(=O)c1cc(C(C)=O)c[nH]1. The Balaban J connectivity index is 2.56. The van der Waals surface area contributed by atoms with Crippen molar-refractivity contribution < 1.29 is 19.1 Å². The van der Waals surface area contributed by atoms with E-state index in [0.717, 1.165) is 0 Å². The van der Waals surface area contributed by atoms with Crippen LogP contribution in [-0.2, 0) is 9.53 Å². The van der Waals surface area contributed by atoms with Crippen molar-refractivity contribution in [1.82, 2.24) is 9.88 Å². The Hall–Kier alpha value is -2.11. The first-order valence-corrected chi connectivity index (χ1v) is 6.06. The molecule has 0 fully saturated rings. The lowest BCUT2D eigenvalue weighted by Gasteiger charge is -2.15. The molecule has 0 saturated carbocycles. The highest BCUT2D eigenvalue weighted by atomic mass is 16.5. The summed E-state index contributed by atoms with van der Waals surface area (Å²) in [6.07, 6.45) is 1.64. The summed E-state index contributed by atoms with van der Waals surface area (Å²) in [5, 5.41) is 0. The molecule has 6 nitrogen and oxygen atoms in total. The molecule has 104 valence electrons. The highest BCUT2D eigenvalue weighted by Crippen LogP contribution is 2.07. The zero-order valence-electron chi connectivity index (χ0n) is 11.4. The number of esters is 1. The topological polar surface area (TPSA) is 79.5 Å². The third-order valence-corrected chi connectivity index (χ3v) is 2.62. The van der Waals surface area contributed by atoms with E-state index in [2.05, 4.69) is 4.98 Å². The number of aromatic nitrogens is 1. The van der Waals surface area contributed by atoms with E-state index in [-0.39, 0.29) is 30.6 Å². The fourth-order valence-electron chi connectivity index (χ4n) is 1.52. The van der Waals surface area contributed by atoms with Crippen LogP contribution in [0.4, 0.5) is 0 Å². The minimum absolute atomic E-state index is 0.107. The third-order valence-electron chi connectivity index (χ3n) is 2.62. The third kappa shape index (κ3) is 4.24. The number of aromatic amines is 1. The van der Waals surface area contributed by atoms with Gasteiger partial charge in [-0.25, -0.2) is 0 Å². The molecule has 1 rings (SSSR count). The van der Waals surface area contributed by atoms with Gasteiger partial charge in [-0.15, -0.1) is 0 Å². The molecular formula is C13H18N2O4. The molecule has 1 amide bonds. The van der Waals surface area contributed by atoms with Gasteiger partial charge in [0.05, 0.1) is 13.0 Å². The highest BCUT2D eigenvalue weighted by molar-refractivity contribution is 5.99. The Labute approximate surface area is 111 Å². The Bertz CT molecular complexity index is 479. The van der Waals surface area contributed by atoms with Gasteiger partial charge in [0.1, 0.15) is 5.69 Å². The average molecular weight is 266 g/mol. The number of Topliss-reactive ketones (excluding diaryl/α,β-unsaturated/α-hetero) is 1. The van der Waals surface area contributed by atoms with Crippen molar-refractivity contribution in [3.05, 3.63) is 23.5 Å². The number of amides is 1. The largest absolute Gasteiger partial charge is 0.466 e. The number of ether oxygens (including phenoxy) is 1. The van der Waals surface area contributed by atoms with Gasteiger partial charge >= 0.3 is 5.97 Å². The van der Waals surface area contributed by atoms with E-state index in [1.165, 1.54) is 24.1 Å². The van der Waals surface area contributed by atoms with E-state index in [1.807, 2.05) is 0 Å². The van der Waals surface area contributed by atoms with Crippen LogP contribution in [0.15, 0.2) is 12.3 Å². The Morgan fingerprint density at radius 2 is 2.05 bits per heavy atom. The van der Waals surface area contributed by atoms with Crippen LogP contribution in [0.3, 0.4) is 0 Å². The van der Waals surface area contributed by atoms with Gasteiger partial charge in [0.15, 0.2) is 5.78 Å². The van der Waals surface area contributed by atoms with Crippen LogP contribution in [0.5, 0.6) is 0 Å². The van der Waals surface area contributed by atoms with Crippen molar-refractivity contribution in [1.29, 1.82) is 0 Å². The lowest BCUT2D eigenvalue weighted by molar-refractivity contribution is -0.143. The van der Waals surface area contributed by atoms with Crippen molar-refractivity contribution in [2.75, 3.05) is 20.2 Å². The van der Waals surface area contributed by atoms with Gasteiger partial charge in [0.25, 0.3) is 5.91 Å². The molecule has 1 aromatic rings. The van der Waals surface area contributed by atoms with E-state index < -0.39 is 0 Å². The van der Waals surface area contributed by atoms with Gasteiger partial charge in [-0.05, 0) is 19.9 Å². The van der Waals surface area contributed by atoms with Gasteiger partial charge in [-0.1, -0.05) is 0 Å². The van der Waals surface area contributed by atoms with Gasteiger partial charge in [-0.2, -0.15) is 0 Å². The van der Waals surface area contributed by atoms with E-state index >= 15 is 0 Å². The molecule has 1 aromatic heterocycles. The number of nitrogens with one attached hydrogen (secondary N) is 1. The van der Waals surface area contributed by atoms with E-state index in [1.54, 1.807) is 14.0 Å². The van der Waals surface area contributed by atoms with Crippen LogP contribution >= 0.6 is 0 Å². The summed E-state index contributed by atoms with van der Waals surface area (Å²) < 4.78 is 4.78. The molecule has 1 heterocycles. The zero-order valence-corrected chi connectivity index (χ0v) is 11.4. The van der Waals surface area contributed by atoms with Crippen molar-refractivity contribution in [3.8, 4) is 0 Å². The van der Waals surface area contributed by atoms with E-state index in [4.69, 9.17) is 4.74 Å².